The van der Waals surface area contributed by atoms with Gasteiger partial charge in [0.2, 0.25) is 0 Å². The van der Waals surface area contributed by atoms with Gasteiger partial charge in [-0.1, -0.05) is 32.1 Å². The Balaban J connectivity index is 3.63. The lowest BCUT2D eigenvalue weighted by molar-refractivity contribution is -0.183. The second kappa shape index (κ2) is 5.46. The number of esters is 1. The third kappa shape index (κ3) is 3.59. The van der Waals surface area contributed by atoms with Crippen LogP contribution < -0.4 is 0 Å². The maximum absolute atomic E-state index is 13.2. The molecule has 0 aromatic heterocycles. The maximum atomic E-state index is 13.2. The van der Waals surface area contributed by atoms with Crippen molar-refractivity contribution < 1.29 is 22.7 Å². The second-order valence-electron chi connectivity index (χ2n) is 5.61. The second-order valence-corrected chi connectivity index (χ2v) is 5.61. The smallest absolute Gasteiger partial charge is 0.401 e. The number of nitrogens with zero attached hydrogens (tertiary/aromatic N) is 1. The number of methoxy groups -OCH3 is 1. The zero-order valence-electron chi connectivity index (χ0n) is 12.1. The number of halogens is 3. The van der Waals surface area contributed by atoms with Crippen LogP contribution in [-0.4, -0.2) is 19.3 Å². The van der Waals surface area contributed by atoms with Crippen molar-refractivity contribution in [2.75, 3.05) is 7.11 Å². The Morgan fingerprint density at radius 2 is 1.76 bits per heavy atom. The lowest BCUT2D eigenvalue weighted by Crippen LogP contribution is -2.33. The van der Waals surface area contributed by atoms with Crippen LogP contribution in [0.3, 0.4) is 0 Å². The Morgan fingerprint density at radius 1 is 1.19 bits per heavy atom. The minimum atomic E-state index is -4.63. The predicted molar refractivity (Wildman–Crippen MR) is 71.1 cm³/mol. The first kappa shape index (κ1) is 17.1. The van der Waals surface area contributed by atoms with Gasteiger partial charge in [-0.3, -0.25) is 0 Å². The highest BCUT2D eigenvalue weighted by atomic mass is 19.4. The van der Waals surface area contributed by atoms with Gasteiger partial charge >= 0.3 is 12.1 Å². The quantitative estimate of drug-likeness (QED) is 0.441. The summed E-state index contributed by atoms with van der Waals surface area (Å²) >= 11 is 0. The fraction of sp³-hybridized carbons (Fsp3) is 0.500. The molecule has 0 spiro atoms. The van der Waals surface area contributed by atoms with Gasteiger partial charge < -0.3 is 4.74 Å². The van der Waals surface area contributed by atoms with E-state index in [1.165, 1.54) is 12.2 Å². The molecule has 1 atom stereocenters. The summed E-state index contributed by atoms with van der Waals surface area (Å²) in [6.07, 6.45) is -0.342. The molecule has 0 saturated carbocycles. The highest BCUT2D eigenvalue weighted by molar-refractivity contribution is 5.93. The Kier molecular flexibility index (Phi) is 4.45. The van der Waals surface area contributed by atoms with Gasteiger partial charge in [0.1, 0.15) is 11.1 Å². The molecule has 21 heavy (non-hydrogen) atoms. The lowest BCUT2D eigenvalue weighted by atomic mass is 9.79. The fourth-order valence-electron chi connectivity index (χ4n) is 1.82. The lowest BCUT2D eigenvalue weighted by Gasteiger charge is -2.29. The number of carbonyl (C=O) groups is 1. The third-order valence-corrected chi connectivity index (χ3v) is 3.20. The topological polar surface area (TPSA) is 55.7 Å². The van der Waals surface area contributed by atoms with Crippen molar-refractivity contribution in [3.63, 3.8) is 0 Å². The Morgan fingerprint density at radius 3 is 2.19 bits per heavy atom. The summed E-state index contributed by atoms with van der Waals surface area (Å²) in [5, 5.41) is 2.58. The van der Waals surface area contributed by atoms with Crippen molar-refractivity contribution in [1.29, 1.82) is 0 Å². The van der Waals surface area contributed by atoms with Crippen LogP contribution in [0.1, 0.15) is 20.8 Å². The third-order valence-electron chi connectivity index (χ3n) is 3.20. The molecule has 0 aromatic carbocycles. The van der Waals surface area contributed by atoms with Gasteiger partial charge in [-0.15, -0.1) is 4.91 Å². The zero-order chi connectivity index (χ0) is 16.5. The molecule has 116 valence electrons. The Bertz CT molecular complexity index is 544. The Hall–Kier alpha value is -1.92. The Labute approximate surface area is 120 Å². The highest BCUT2D eigenvalue weighted by Crippen LogP contribution is 2.44. The molecule has 0 aliphatic heterocycles. The van der Waals surface area contributed by atoms with Crippen LogP contribution in [0.2, 0.25) is 0 Å². The normalized spacial score (nSPS) is 25.3. The molecule has 0 radical (unpaired) electrons. The van der Waals surface area contributed by atoms with Crippen LogP contribution >= 0.6 is 0 Å². The first-order chi connectivity index (χ1) is 9.46. The minimum absolute atomic E-state index is 0.280. The molecule has 0 aromatic rings. The summed E-state index contributed by atoms with van der Waals surface area (Å²) in [6.45, 7) is 4.12. The number of allylic oxidation sites excluding steroid dienone is 4. The molecule has 0 N–H and O–H groups in total. The highest BCUT2D eigenvalue weighted by Gasteiger charge is 2.49. The number of hydrogen-bond acceptors (Lipinski definition) is 4. The van der Waals surface area contributed by atoms with Gasteiger partial charge in [-0.05, 0) is 18.2 Å². The van der Waals surface area contributed by atoms with Gasteiger partial charge in [0.15, 0.2) is 0 Å². The largest absolute Gasteiger partial charge is 0.465 e. The van der Waals surface area contributed by atoms with Crippen molar-refractivity contribution in [3.8, 4) is 0 Å². The molecular formula is C14H16F3NO3. The summed E-state index contributed by atoms with van der Waals surface area (Å²) < 4.78 is 44.2. The number of rotatable bonds is 2. The van der Waals surface area contributed by atoms with Crippen LogP contribution in [-0.2, 0) is 9.53 Å². The van der Waals surface area contributed by atoms with Crippen LogP contribution in [0.5, 0.6) is 0 Å². The summed E-state index contributed by atoms with van der Waals surface area (Å²) in [4.78, 5) is 22.6. The van der Waals surface area contributed by atoms with Crippen molar-refractivity contribution >= 4 is 5.97 Å². The fourth-order valence-corrected chi connectivity index (χ4v) is 1.82. The van der Waals surface area contributed by atoms with Crippen molar-refractivity contribution in [3.05, 3.63) is 40.5 Å². The first-order valence-corrected chi connectivity index (χ1v) is 6.11. The van der Waals surface area contributed by atoms with E-state index >= 15 is 0 Å². The van der Waals surface area contributed by atoms with Crippen molar-refractivity contribution in [1.82, 2.24) is 0 Å². The molecule has 1 aliphatic rings. The summed E-state index contributed by atoms with van der Waals surface area (Å²) in [5.41, 5.74) is -4.14. The van der Waals surface area contributed by atoms with E-state index in [9.17, 15) is 22.9 Å². The van der Waals surface area contributed by atoms with E-state index in [1.54, 1.807) is 13.8 Å². The van der Waals surface area contributed by atoms with E-state index in [-0.39, 0.29) is 5.57 Å². The standard InChI is InChI=1S/C14H16F3NO3/c1-12(2)5-6-13(3,14(15,16)17)8-10(18-20)9(7-12)11(19)21-4/h5-8H,1-4H3. The molecule has 1 unspecified atom stereocenters. The maximum Gasteiger partial charge on any atom is 0.401 e. The van der Waals surface area contributed by atoms with E-state index < -0.39 is 28.7 Å². The van der Waals surface area contributed by atoms with E-state index in [0.717, 1.165) is 20.1 Å². The number of nitroso groups, excluding NO2 is 1. The SMILES string of the molecule is COC(=O)C1=CC(C)(C)C=CC(C)(C(F)(F)F)C=C1N=O. The summed E-state index contributed by atoms with van der Waals surface area (Å²) in [5.74, 6) is -0.909. The van der Waals surface area contributed by atoms with E-state index in [1.807, 2.05) is 0 Å². The molecule has 0 heterocycles. The molecule has 0 bridgehead atoms. The van der Waals surface area contributed by atoms with Gasteiger partial charge in [-0.2, -0.15) is 13.2 Å². The predicted octanol–water partition coefficient (Wildman–Crippen LogP) is 3.90. The zero-order valence-corrected chi connectivity index (χ0v) is 12.1. The molecule has 1 rings (SSSR count). The van der Waals surface area contributed by atoms with E-state index in [2.05, 4.69) is 9.91 Å². The van der Waals surface area contributed by atoms with Gasteiger partial charge in [0.25, 0.3) is 0 Å². The molecular weight excluding hydrogens is 287 g/mol. The van der Waals surface area contributed by atoms with E-state index in [4.69, 9.17) is 0 Å². The van der Waals surface area contributed by atoms with Gasteiger partial charge in [0, 0.05) is 5.41 Å². The van der Waals surface area contributed by atoms with Crippen LogP contribution in [0, 0.1) is 15.7 Å². The average Bonchev–Trinajstić information content (AvgIpc) is 2.37. The molecule has 0 fully saturated rings. The number of alkyl halides is 3. The molecule has 0 amide bonds. The van der Waals surface area contributed by atoms with Crippen LogP contribution in [0.25, 0.3) is 0 Å². The van der Waals surface area contributed by atoms with Crippen LogP contribution in [0.4, 0.5) is 13.2 Å². The van der Waals surface area contributed by atoms with Gasteiger partial charge in [-0.25, -0.2) is 4.79 Å². The molecule has 7 heteroatoms. The molecule has 0 saturated heterocycles. The number of hydrogen-bond donors (Lipinski definition) is 0. The molecule has 1 aliphatic carbocycles. The first-order valence-electron chi connectivity index (χ1n) is 6.11. The number of ether oxygens (including phenoxy) is 1. The number of carbonyl (C=O) groups excluding carboxylic acids is 1. The van der Waals surface area contributed by atoms with Crippen LogP contribution in [0.15, 0.2) is 40.8 Å². The summed E-state index contributed by atoms with van der Waals surface area (Å²) in [6, 6.07) is 0. The van der Waals surface area contributed by atoms with E-state index in [0.29, 0.717) is 6.08 Å². The van der Waals surface area contributed by atoms with Gasteiger partial charge in [0.05, 0.1) is 12.7 Å². The molecule has 4 nitrogen and oxygen atoms in total. The monoisotopic (exact) mass is 303 g/mol. The van der Waals surface area contributed by atoms with Crippen molar-refractivity contribution in [2.24, 2.45) is 16.0 Å². The average molecular weight is 303 g/mol. The summed E-state index contributed by atoms with van der Waals surface area (Å²) in [7, 11) is 1.08. The van der Waals surface area contributed by atoms with Crippen molar-refractivity contribution in [2.45, 2.75) is 26.9 Å². The minimum Gasteiger partial charge on any atom is -0.465 e.